The predicted octanol–water partition coefficient (Wildman–Crippen LogP) is 3.93. The molecule has 1 aromatic heterocycles. The number of hydrogen-bond donors (Lipinski definition) is 0. The molecule has 0 aliphatic carbocycles. The summed E-state index contributed by atoms with van der Waals surface area (Å²) in [4.78, 5) is 6.74. The molecule has 0 spiro atoms. The lowest BCUT2D eigenvalue weighted by Gasteiger charge is -2.33. The topological polar surface area (TPSA) is 33.2 Å². The zero-order valence-electron chi connectivity index (χ0n) is 14.3. The van der Waals surface area contributed by atoms with Crippen LogP contribution < -0.4 is 10.2 Å². The highest BCUT2D eigenvalue weighted by molar-refractivity contribution is 7.70. The highest BCUT2D eigenvalue weighted by Crippen LogP contribution is 2.35. The third-order valence-corrected chi connectivity index (χ3v) is 6.25. The van der Waals surface area contributed by atoms with Crippen molar-refractivity contribution < 1.29 is 8.96 Å². The van der Waals surface area contributed by atoms with E-state index in [4.69, 9.17) is 0 Å². The zero-order valence-corrected chi connectivity index (χ0v) is 15.2. The third-order valence-electron chi connectivity index (χ3n) is 4.73. The molecule has 1 fully saturated rings. The molecule has 1 aliphatic heterocycles. The Hall–Kier alpha value is -1.67. The first-order chi connectivity index (χ1) is 11.4. The standard InChI is InChI=1S/C19H24FN2OP/c1-24(2,23)18-7-10-21-19(14-18)22-11-8-16(9-12-22)13-15-3-5-17(20)6-4-15/h3-7,10,14,16H,8-9,11-13H2,1-2H3. The summed E-state index contributed by atoms with van der Waals surface area (Å²) in [6.07, 6.45) is 4.95. The van der Waals surface area contributed by atoms with Crippen LogP contribution in [0.4, 0.5) is 10.2 Å². The fourth-order valence-electron chi connectivity index (χ4n) is 3.24. The van der Waals surface area contributed by atoms with Crippen LogP contribution in [0.2, 0.25) is 0 Å². The summed E-state index contributed by atoms with van der Waals surface area (Å²) in [5.74, 6) is 1.37. The SMILES string of the molecule is CP(C)(=O)c1ccnc(N2CCC(Cc3ccc(F)cc3)CC2)c1. The first-order valence-electron chi connectivity index (χ1n) is 8.43. The van der Waals surface area contributed by atoms with Crippen LogP contribution in [0.25, 0.3) is 0 Å². The van der Waals surface area contributed by atoms with Gasteiger partial charge in [0.05, 0.1) is 0 Å². The summed E-state index contributed by atoms with van der Waals surface area (Å²) in [5.41, 5.74) is 1.20. The summed E-state index contributed by atoms with van der Waals surface area (Å²) in [5, 5.41) is 0.890. The van der Waals surface area contributed by atoms with Crippen LogP contribution in [-0.4, -0.2) is 31.4 Å². The Morgan fingerprint density at radius 3 is 2.46 bits per heavy atom. The average Bonchev–Trinajstić information content (AvgIpc) is 2.57. The number of nitrogens with zero attached hydrogens (tertiary/aromatic N) is 2. The second-order valence-electron chi connectivity index (χ2n) is 6.98. The molecule has 1 saturated heterocycles. The summed E-state index contributed by atoms with van der Waals surface area (Å²) in [6, 6.07) is 10.7. The maximum Gasteiger partial charge on any atom is 0.129 e. The van der Waals surface area contributed by atoms with E-state index < -0.39 is 7.14 Å². The monoisotopic (exact) mass is 346 g/mol. The number of benzene rings is 1. The summed E-state index contributed by atoms with van der Waals surface area (Å²) >= 11 is 0. The molecule has 1 aliphatic rings. The number of anilines is 1. The summed E-state index contributed by atoms with van der Waals surface area (Å²) in [7, 11) is -2.26. The molecule has 128 valence electrons. The van der Waals surface area contributed by atoms with Gasteiger partial charge in [-0.3, -0.25) is 0 Å². The number of aromatic nitrogens is 1. The largest absolute Gasteiger partial charge is 0.357 e. The smallest absolute Gasteiger partial charge is 0.129 e. The molecule has 3 nitrogen and oxygen atoms in total. The van der Waals surface area contributed by atoms with E-state index in [2.05, 4.69) is 9.88 Å². The highest BCUT2D eigenvalue weighted by Gasteiger charge is 2.21. The van der Waals surface area contributed by atoms with E-state index in [1.54, 1.807) is 19.5 Å². The first-order valence-corrected chi connectivity index (χ1v) is 11.0. The molecule has 2 heterocycles. The molecule has 5 heteroatoms. The number of halogens is 1. The molecule has 1 aromatic carbocycles. The predicted molar refractivity (Wildman–Crippen MR) is 98.4 cm³/mol. The van der Waals surface area contributed by atoms with E-state index in [1.165, 1.54) is 17.7 Å². The van der Waals surface area contributed by atoms with E-state index in [0.29, 0.717) is 5.92 Å². The number of pyridine rings is 1. The van der Waals surface area contributed by atoms with Crippen molar-refractivity contribution in [3.8, 4) is 0 Å². The zero-order chi connectivity index (χ0) is 17.2. The van der Waals surface area contributed by atoms with Gasteiger partial charge in [0.1, 0.15) is 18.8 Å². The van der Waals surface area contributed by atoms with Crippen molar-refractivity contribution in [1.29, 1.82) is 0 Å². The van der Waals surface area contributed by atoms with E-state index in [0.717, 1.165) is 43.5 Å². The normalized spacial score (nSPS) is 16.4. The molecule has 0 atom stereocenters. The van der Waals surface area contributed by atoms with Crippen molar-refractivity contribution >= 4 is 18.3 Å². The molecule has 0 amide bonds. The maximum absolute atomic E-state index is 13.0. The van der Waals surface area contributed by atoms with Gasteiger partial charge in [-0.15, -0.1) is 0 Å². The van der Waals surface area contributed by atoms with Crippen LogP contribution in [0.15, 0.2) is 42.6 Å². The third kappa shape index (κ3) is 4.24. The van der Waals surface area contributed by atoms with E-state index in [1.807, 2.05) is 24.3 Å². The van der Waals surface area contributed by atoms with Crippen molar-refractivity contribution in [3.63, 3.8) is 0 Å². The highest BCUT2D eigenvalue weighted by atomic mass is 31.2. The fourth-order valence-corrected chi connectivity index (χ4v) is 4.09. The second kappa shape index (κ2) is 7.06. The summed E-state index contributed by atoms with van der Waals surface area (Å²) < 4.78 is 25.2. The van der Waals surface area contributed by atoms with Gasteiger partial charge >= 0.3 is 0 Å². The maximum atomic E-state index is 13.0. The van der Waals surface area contributed by atoms with Crippen LogP contribution in [0.3, 0.4) is 0 Å². The first kappa shape index (κ1) is 17.2. The number of rotatable bonds is 4. The second-order valence-corrected chi connectivity index (χ2v) is 10.2. The fraction of sp³-hybridized carbons (Fsp3) is 0.421. The van der Waals surface area contributed by atoms with Crippen LogP contribution >= 0.6 is 7.14 Å². The van der Waals surface area contributed by atoms with E-state index >= 15 is 0 Å². The van der Waals surface area contributed by atoms with Crippen LogP contribution in [0.5, 0.6) is 0 Å². The molecule has 2 aromatic rings. The minimum Gasteiger partial charge on any atom is -0.357 e. The van der Waals surface area contributed by atoms with Gasteiger partial charge in [-0.1, -0.05) is 12.1 Å². The van der Waals surface area contributed by atoms with Crippen molar-refractivity contribution in [2.24, 2.45) is 5.92 Å². The average molecular weight is 346 g/mol. The van der Waals surface area contributed by atoms with E-state index in [9.17, 15) is 8.96 Å². The lowest BCUT2D eigenvalue weighted by Crippen LogP contribution is -2.35. The molecule has 3 rings (SSSR count). The number of hydrogen-bond acceptors (Lipinski definition) is 3. The van der Waals surface area contributed by atoms with Gasteiger partial charge in [0.25, 0.3) is 0 Å². The van der Waals surface area contributed by atoms with Gasteiger partial charge in [-0.2, -0.15) is 0 Å². The van der Waals surface area contributed by atoms with Gasteiger partial charge in [0, 0.05) is 24.6 Å². The Morgan fingerprint density at radius 2 is 1.83 bits per heavy atom. The molecular weight excluding hydrogens is 322 g/mol. The lowest BCUT2D eigenvalue weighted by atomic mass is 9.90. The van der Waals surface area contributed by atoms with Gasteiger partial charge in [0.15, 0.2) is 0 Å². The Bertz CT molecular complexity index is 733. The van der Waals surface area contributed by atoms with Crippen LogP contribution in [-0.2, 0) is 11.0 Å². The van der Waals surface area contributed by atoms with Gasteiger partial charge in [-0.25, -0.2) is 9.37 Å². The summed E-state index contributed by atoms with van der Waals surface area (Å²) in [6.45, 7) is 5.50. The van der Waals surface area contributed by atoms with Gasteiger partial charge < -0.3 is 9.46 Å². The van der Waals surface area contributed by atoms with Gasteiger partial charge in [-0.05, 0) is 68.3 Å². The molecule has 0 saturated carbocycles. The Balaban J connectivity index is 1.61. The minimum atomic E-state index is -2.26. The van der Waals surface area contributed by atoms with Crippen molar-refractivity contribution in [2.75, 3.05) is 31.3 Å². The van der Waals surface area contributed by atoms with Crippen molar-refractivity contribution in [1.82, 2.24) is 4.98 Å². The molecule has 0 N–H and O–H groups in total. The Morgan fingerprint density at radius 1 is 1.17 bits per heavy atom. The molecule has 0 unspecified atom stereocenters. The van der Waals surface area contributed by atoms with Crippen molar-refractivity contribution in [3.05, 3.63) is 54.0 Å². The quantitative estimate of drug-likeness (QED) is 0.787. The molecular formula is C19H24FN2OP. The minimum absolute atomic E-state index is 0.177. The van der Waals surface area contributed by atoms with Gasteiger partial charge in [0.2, 0.25) is 0 Å². The number of piperidine rings is 1. The van der Waals surface area contributed by atoms with E-state index in [-0.39, 0.29) is 5.82 Å². The Kier molecular flexibility index (Phi) is 5.05. The molecule has 0 bridgehead atoms. The molecule has 24 heavy (non-hydrogen) atoms. The lowest BCUT2D eigenvalue weighted by molar-refractivity contribution is 0.402. The van der Waals surface area contributed by atoms with Crippen LogP contribution in [0, 0.1) is 11.7 Å². The van der Waals surface area contributed by atoms with Crippen LogP contribution in [0.1, 0.15) is 18.4 Å². The molecule has 0 radical (unpaired) electrons. The van der Waals surface area contributed by atoms with Crippen molar-refractivity contribution in [2.45, 2.75) is 19.3 Å². The Labute approximate surface area is 143 Å².